The number of hydrogen-bond acceptors (Lipinski definition) is 2. The van der Waals surface area contributed by atoms with Crippen LogP contribution >= 0.6 is 23.2 Å². The first-order valence-electron chi connectivity index (χ1n) is 7.05. The minimum atomic E-state index is -0.251. The van der Waals surface area contributed by atoms with Gasteiger partial charge in [-0.15, -0.1) is 0 Å². The van der Waals surface area contributed by atoms with Crippen LogP contribution in [0, 0.1) is 0 Å². The maximum Gasteiger partial charge on any atom is 0.253 e. The standard InChI is InChI=1S/C17H17Cl2NO2/c1-2-9-22-14-6-3-12(4-7-14)11-20-17(21)15-10-13(18)5-8-16(15)19/h3-8,10H,2,9,11H2,1H3,(H,20,21). The Hall–Kier alpha value is -1.71. The van der Waals surface area contributed by atoms with Crippen molar-refractivity contribution in [2.45, 2.75) is 19.9 Å². The Morgan fingerprint density at radius 1 is 1.14 bits per heavy atom. The summed E-state index contributed by atoms with van der Waals surface area (Å²) >= 11 is 11.9. The van der Waals surface area contributed by atoms with Gasteiger partial charge in [0, 0.05) is 11.6 Å². The molecule has 0 bridgehead atoms. The molecule has 116 valence electrons. The summed E-state index contributed by atoms with van der Waals surface area (Å²) in [5, 5.41) is 3.68. The van der Waals surface area contributed by atoms with Crippen LogP contribution in [0.25, 0.3) is 0 Å². The van der Waals surface area contributed by atoms with E-state index >= 15 is 0 Å². The number of hydrogen-bond donors (Lipinski definition) is 1. The third kappa shape index (κ3) is 4.65. The topological polar surface area (TPSA) is 38.3 Å². The molecule has 3 nitrogen and oxygen atoms in total. The Balaban J connectivity index is 1.94. The Bertz CT molecular complexity index is 642. The van der Waals surface area contributed by atoms with Crippen LogP contribution in [0.1, 0.15) is 29.3 Å². The second-order valence-electron chi connectivity index (χ2n) is 4.80. The summed E-state index contributed by atoms with van der Waals surface area (Å²) < 4.78 is 5.51. The van der Waals surface area contributed by atoms with Gasteiger partial charge >= 0.3 is 0 Å². The first-order chi connectivity index (χ1) is 10.6. The van der Waals surface area contributed by atoms with Crippen LogP contribution < -0.4 is 10.1 Å². The van der Waals surface area contributed by atoms with Gasteiger partial charge in [-0.2, -0.15) is 0 Å². The number of carbonyl (C=O) groups is 1. The van der Waals surface area contributed by atoms with Gasteiger partial charge in [0.1, 0.15) is 5.75 Å². The van der Waals surface area contributed by atoms with E-state index in [0.717, 1.165) is 17.7 Å². The van der Waals surface area contributed by atoms with E-state index in [1.54, 1.807) is 18.2 Å². The lowest BCUT2D eigenvalue weighted by Crippen LogP contribution is -2.23. The van der Waals surface area contributed by atoms with E-state index in [9.17, 15) is 4.79 Å². The molecule has 2 aromatic rings. The Morgan fingerprint density at radius 2 is 1.86 bits per heavy atom. The second-order valence-corrected chi connectivity index (χ2v) is 5.64. The average Bonchev–Trinajstić information content (AvgIpc) is 2.54. The van der Waals surface area contributed by atoms with Crippen LogP contribution in [0.3, 0.4) is 0 Å². The summed E-state index contributed by atoms with van der Waals surface area (Å²) in [4.78, 5) is 12.1. The van der Waals surface area contributed by atoms with Crippen molar-refractivity contribution in [3.8, 4) is 5.75 Å². The number of nitrogens with one attached hydrogen (secondary N) is 1. The SMILES string of the molecule is CCCOc1ccc(CNC(=O)c2cc(Cl)ccc2Cl)cc1. The fraction of sp³-hybridized carbons (Fsp3) is 0.235. The van der Waals surface area contributed by atoms with Crippen molar-refractivity contribution in [2.75, 3.05) is 6.61 Å². The molecule has 0 aliphatic carbocycles. The number of halogens is 2. The molecule has 0 saturated carbocycles. The Labute approximate surface area is 140 Å². The van der Waals surface area contributed by atoms with Gasteiger partial charge in [-0.25, -0.2) is 0 Å². The molecule has 0 aromatic heterocycles. The van der Waals surface area contributed by atoms with Crippen LogP contribution in [0.2, 0.25) is 10.0 Å². The van der Waals surface area contributed by atoms with Crippen molar-refractivity contribution in [1.29, 1.82) is 0 Å². The molecule has 0 aliphatic rings. The van der Waals surface area contributed by atoms with Gasteiger partial charge in [-0.1, -0.05) is 42.3 Å². The number of amides is 1. The van der Waals surface area contributed by atoms with Gasteiger partial charge in [-0.3, -0.25) is 4.79 Å². The van der Waals surface area contributed by atoms with Gasteiger partial charge in [0.05, 0.1) is 17.2 Å². The van der Waals surface area contributed by atoms with E-state index in [2.05, 4.69) is 12.2 Å². The van der Waals surface area contributed by atoms with E-state index < -0.39 is 0 Å². The predicted molar refractivity (Wildman–Crippen MR) is 89.9 cm³/mol. The minimum Gasteiger partial charge on any atom is -0.494 e. The van der Waals surface area contributed by atoms with E-state index in [0.29, 0.717) is 28.8 Å². The molecular weight excluding hydrogens is 321 g/mol. The molecule has 1 amide bonds. The average molecular weight is 338 g/mol. The van der Waals surface area contributed by atoms with Gasteiger partial charge in [-0.05, 0) is 42.3 Å². The third-order valence-corrected chi connectivity index (χ3v) is 3.59. The number of rotatable bonds is 6. The van der Waals surface area contributed by atoms with Gasteiger partial charge < -0.3 is 10.1 Å². The van der Waals surface area contributed by atoms with Crippen LogP contribution in [-0.4, -0.2) is 12.5 Å². The normalized spacial score (nSPS) is 10.3. The highest BCUT2D eigenvalue weighted by molar-refractivity contribution is 6.35. The first kappa shape index (κ1) is 16.7. The molecule has 0 fully saturated rings. The molecule has 2 rings (SSSR count). The fourth-order valence-corrected chi connectivity index (χ4v) is 2.25. The zero-order chi connectivity index (χ0) is 15.9. The summed E-state index contributed by atoms with van der Waals surface area (Å²) in [7, 11) is 0. The predicted octanol–water partition coefficient (Wildman–Crippen LogP) is 4.71. The third-order valence-electron chi connectivity index (χ3n) is 3.02. The van der Waals surface area contributed by atoms with Crippen molar-refractivity contribution >= 4 is 29.1 Å². The number of carbonyl (C=O) groups excluding carboxylic acids is 1. The molecule has 22 heavy (non-hydrogen) atoms. The molecule has 5 heteroatoms. The van der Waals surface area contributed by atoms with Crippen molar-refractivity contribution in [3.05, 3.63) is 63.6 Å². The lowest BCUT2D eigenvalue weighted by molar-refractivity contribution is 0.0951. The second kappa shape index (κ2) is 8.06. The van der Waals surface area contributed by atoms with Crippen LogP contribution in [0.5, 0.6) is 5.75 Å². The molecule has 0 aliphatic heterocycles. The minimum absolute atomic E-state index is 0.251. The Kier molecular flexibility index (Phi) is 6.10. The maximum atomic E-state index is 12.1. The fourth-order valence-electron chi connectivity index (χ4n) is 1.87. The van der Waals surface area contributed by atoms with Gasteiger partial charge in [0.25, 0.3) is 5.91 Å². The number of ether oxygens (including phenoxy) is 1. The van der Waals surface area contributed by atoms with Crippen molar-refractivity contribution in [3.63, 3.8) is 0 Å². The highest BCUT2D eigenvalue weighted by Crippen LogP contribution is 2.20. The lowest BCUT2D eigenvalue weighted by atomic mass is 10.2. The highest BCUT2D eigenvalue weighted by Gasteiger charge is 2.10. The van der Waals surface area contributed by atoms with Gasteiger partial charge in [0.2, 0.25) is 0 Å². The smallest absolute Gasteiger partial charge is 0.253 e. The van der Waals surface area contributed by atoms with Crippen LogP contribution in [0.4, 0.5) is 0 Å². The summed E-state index contributed by atoms with van der Waals surface area (Å²) in [5.41, 5.74) is 1.35. The zero-order valence-electron chi connectivity index (χ0n) is 12.2. The van der Waals surface area contributed by atoms with Crippen molar-refractivity contribution in [2.24, 2.45) is 0 Å². The molecular formula is C17H17Cl2NO2. The molecule has 0 heterocycles. The summed E-state index contributed by atoms with van der Waals surface area (Å²) in [6.07, 6.45) is 0.970. The van der Waals surface area contributed by atoms with E-state index in [-0.39, 0.29) is 5.91 Å². The molecule has 2 aromatic carbocycles. The lowest BCUT2D eigenvalue weighted by Gasteiger charge is -2.09. The van der Waals surface area contributed by atoms with E-state index in [1.165, 1.54) is 0 Å². The van der Waals surface area contributed by atoms with Crippen molar-refractivity contribution < 1.29 is 9.53 Å². The quantitative estimate of drug-likeness (QED) is 0.828. The monoisotopic (exact) mass is 337 g/mol. The van der Waals surface area contributed by atoms with Crippen LogP contribution in [0.15, 0.2) is 42.5 Å². The molecule has 0 atom stereocenters. The maximum absolute atomic E-state index is 12.1. The molecule has 0 radical (unpaired) electrons. The molecule has 0 unspecified atom stereocenters. The molecule has 0 saturated heterocycles. The van der Waals surface area contributed by atoms with Crippen molar-refractivity contribution in [1.82, 2.24) is 5.32 Å². The summed E-state index contributed by atoms with van der Waals surface area (Å²) in [6.45, 7) is 3.17. The van der Waals surface area contributed by atoms with E-state index in [4.69, 9.17) is 27.9 Å². The van der Waals surface area contributed by atoms with Crippen LogP contribution in [-0.2, 0) is 6.54 Å². The first-order valence-corrected chi connectivity index (χ1v) is 7.80. The largest absolute Gasteiger partial charge is 0.494 e. The molecule has 1 N–H and O–H groups in total. The Morgan fingerprint density at radius 3 is 2.55 bits per heavy atom. The van der Waals surface area contributed by atoms with Gasteiger partial charge in [0.15, 0.2) is 0 Å². The molecule has 0 spiro atoms. The summed E-state index contributed by atoms with van der Waals surface area (Å²) in [6, 6.07) is 12.4. The van der Waals surface area contributed by atoms with E-state index in [1.807, 2.05) is 24.3 Å². The highest BCUT2D eigenvalue weighted by atomic mass is 35.5. The summed E-state index contributed by atoms with van der Waals surface area (Å²) in [5.74, 6) is 0.577. The number of benzene rings is 2. The zero-order valence-corrected chi connectivity index (χ0v) is 13.7.